The van der Waals surface area contributed by atoms with E-state index in [-0.39, 0.29) is 10.0 Å². The lowest BCUT2D eigenvalue weighted by Crippen LogP contribution is -2.12. The highest BCUT2D eigenvalue weighted by Crippen LogP contribution is 2.33. The van der Waals surface area contributed by atoms with Crippen LogP contribution in [0.4, 0.5) is 4.39 Å². The first-order valence-electron chi connectivity index (χ1n) is 5.62. The number of ether oxygens (including phenoxy) is 1. The summed E-state index contributed by atoms with van der Waals surface area (Å²) in [4.78, 5) is 1.14. The zero-order valence-corrected chi connectivity index (χ0v) is 12.9. The smallest absolute Gasteiger partial charge is 0.145 e. The zero-order chi connectivity index (χ0) is 14.7. The lowest BCUT2D eigenvalue weighted by atomic mass is 10.2. The largest absolute Gasteiger partial charge is 0.456 e. The van der Waals surface area contributed by atoms with E-state index in [1.807, 2.05) is 18.4 Å². The molecule has 2 aromatic rings. The number of hydrogen-bond donors (Lipinski definition) is 1. The molecule has 2 rings (SSSR count). The van der Waals surface area contributed by atoms with Crippen LogP contribution in [0.3, 0.4) is 0 Å². The Balaban J connectivity index is 2.42. The summed E-state index contributed by atoms with van der Waals surface area (Å²) < 4.78 is 19.1. The molecular formula is C14H11ClFNOS2. The quantitative estimate of drug-likeness (QED) is 0.656. The van der Waals surface area contributed by atoms with Crippen LogP contribution in [-0.2, 0) is 0 Å². The van der Waals surface area contributed by atoms with E-state index in [2.05, 4.69) is 0 Å². The number of thioether (sulfide) groups is 1. The number of rotatable bonds is 4. The maximum Gasteiger partial charge on any atom is 0.145 e. The van der Waals surface area contributed by atoms with Crippen molar-refractivity contribution < 1.29 is 9.13 Å². The molecule has 0 saturated heterocycles. The van der Waals surface area contributed by atoms with Gasteiger partial charge in [0.2, 0.25) is 0 Å². The Morgan fingerprint density at radius 3 is 2.70 bits per heavy atom. The van der Waals surface area contributed by atoms with E-state index in [0.29, 0.717) is 17.1 Å². The molecule has 0 radical (unpaired) electrons. The lowest BCUT2D eigenvalue weighted by molar-refractivity contribution is 0.474. The van der Waals surface area contributed by atoms with Gasteiger partial charge >= 0.3 is 0 Å². The van der Waals surface area contributed by atoms with E-state index in [1.165, 1.54) is 23.9 Å². The minimum Gasteiger partial charge on any atom is -0.456 e. The average Bonchev–Trinajstić information content (AvgIpc) is 2.42. The van der Waals surface area contributed by atoms with Crippen molar-refractivity contribution in [2.75, 3.05) is 6.26 Å². The second-order valence-electron chi connectivity index (χ2n) is 3.88. The summed E-state index contributed by atoms with van der Waals surface area (Å²) in [5.41, 5.74) is 6.39. The van der Waals surface area contributed by atoms with E-state index in [9.17, 15) is 4.39 Å². The van der Waals surface area contributed by atoms with Gasteiger partial charge in [-0.1, -0.05) is 29.9 Å². The minimum atomic E-state index is -0.540. The monoisotopic (exact) mass is 327 g/mol. The summed E-state index contributed by atoms with van der Waals surface area (Å²) in [7, 11) is 0. The fraction of sp³-hybridized carbons (Fsp3) is 0.0714. The van der Waals surface area contributed by atoms with Crippen LogP contribution < -0.4 is 10.5 Å². The van der Waals surface area contributed by atoms with E-state index >= 15 is 0 Å². The summed E-state index contributed by atoms with van der Waals surface area (Å²) >= 11 is 12.2. The van der Waals surface area contributed by atoms with Crippen molar-refractivity contribution >= 4 is 40.6 Å². The van der Waals surface area contributed by atoms with Crippen LogP contribution in [0.5, 0.6) is 11.5 Å². The molecule has 0 aliphatic carbocycles. The molecule has 0 atom stereocenters. The van der Waals surface area contributed by atoms with Crippen molar-refractivity contribution in [2.24, 2.45) is 5.73 Å². The van der Waals surface area contributed by atoms with Gasteiger partial charge in [-0.25, -0.2) is 4.39 Å². The Labute approximate surface area is 131 Å². The topological polar surface area (TPSA) is 35.2 Å². The van der Waals surface area contributed by atoms with Crippen LogP contribution in [0.15, 0.2) is 41.3 Å². The molecule has 0 bridgehead atoms. The van der Waals surface area contributed by atoms with Gasteiger partial charge in [0.1, 0.15) is 22.3 Å². The summed E-state index contributed by atoms with van der Waals surface area (Å²) in [6, 6.07) is 9.70. The van der Waals surface area contributed by atoms with E-state index in [1.54, 1.807) is 12.1 Å². The van der Waals surface area contributed by atoms with Crippen molar-refractivity contribution in [3.05, 3.63) is 52.8 Å². The first-order chi connectivity index (χ1) is 9.52. The molecule has 104 valence electrons. The third-order valence-electron chi connectivity index (χ3n) is 2.57. The number of halogens is 2. The summed E-state index contributed by atoms with van der Waals surface area (Å²) in [6.07, 6.45) is 1.92. The van der Waals surface area contributed by atoms with Gasteiger partial charge in [-0.05, 0) is 30.5 Å². The van der Waals surface area contributed by atoms with Crippen LogP contribution in [0.25, 0.3) is 0 Å². The van der Waals surface area contributed by atoms with Gasteiger partial charge in [0.15, 0.2) is 0 Å². The SMILES string of the molecule is CSc1cccc(Oc2ccc(Cl)c(F)c2)c1C(N)=S. The highest BCUT2D eigenvalue weighted by molar-refractivity contribution is 7.98. The standard InChI is InChI=1S/C14H11ClFNOS2/c1-20-12-4-2-3-11(13(12)14(17)19)18-8-5-6-9(15)10(16)7-8/h2-7H,1H3,(H2,17,19). The maximum absolute atomic E-state index is 13.4. The van der Waals surface area contributed by atoms with Crippen molar-refractivity contribution in [3.8, 4) is 11.5 Å². The number of benzene rings is 2. The summed E-state index contributed by atoms with van der Waals surface area (Å²) in [5.74, 6) is 0.288. The van der Waals surface area contributed by atoms with Crippen LogP contribution in [0.2, 0.25) is 5.02 Å². The molecule has 0 unspecified atom stereocenters. The van der Waals surface area contributed by atoms with Gasteiger partial charge < -0.3 is 10.5 Å². The Kier molecular flexibility index (Phi) is 4.86. The highest BCUT2D eigenvalue weighted by Gasteiger charge is 2.13. The maximum atomic E-state index is 13.4. The van der Waals surface area contributed by atoms with Crippen LogP contribution >= 0.6 is 35.6 Å². The van der Waals surface area contributed by atoms with E-state index in [4.69, 9.17) is 34.3 Å². The molecule has 0 aromatic heterocycles. The van der Waals surface area contributed by atoms with Crippen molar-refractivity contribution in [2.45, 2.75) is 4.90 Å². The number of nitrogens with two attached hydrogens (primary N) is 1. The van der Waals surface area contributed by atoms with Crippen molar-refractivity contribution in [1.82, 2.24) is 0 Å². The molecule has 2 N–H and O–H groups in total. The molecule has 0 heterocycles. The van der Waals surface area contributed by atoms with Crippen molar-refractivity contribution in [1.29, 1.82) is 0 Å². The van der Waals surface area contributed by atoms with Crippen LogP contribution in [0.1, 0.15) is 5.56 Å². The Bertz CT molecular complexity index is 664. The first-order valence-corrected chi connectivity index (χ1v) is 7.63. The zero-order valence-electron chi connectivity index (χ0n) is 10.5. The Morgan fingerprint density at radius 2 is 2.10 bits per heavy atom. The van der Waals surface area contributed by atoms with Gasteiger partial charge in [-0.15, -0.1) is 11.8 Å². The summed E-state index contributed by atoms with van der Waals surface area (Å²) in [6.45, 7) is 0. The predicted octanol–water partition coefficient (Wildman–Crippen LogP) is 4.63. The second kappa shape index (κ2) is 6.43. The number of thiocarbonyl (C=S) groups is 1. The third-order valence-corrected chi connectivity index (χ3v) is 3.86. The Morgan fingerprint density at radius 1 is 1.35 bits per heavy atom. The van der Waals surface area contributed by atoms with Gasteiger partial charge in [-0.2, -0.15) is 0 Å². The molecule has 6 heteroatoms. The van der Waals surface area contributed by atoms with Gasteiger partial charge in [0.05, 0.1) is 10.6 Å². The summed E-state index contributed by atoms with van der Waals surface area (Å²) in [5, 5.41) is 0.0461. The highest BCUT2D eigenvalue weighted by atomic mass is 35.5. The molecule has 2 nitrogen and oxygen atoms in total. The molecule has 0 spiro atoms. The molecule has 20 heavy (non-hydrogen) atoms. The van der Waals surface area contributed by atoms with Crippen LogP contribution in [-0.4, -0.2) is 11.2 Å². The molecule has 0 aliphatic heterocycles. The van der Waals surface area contributed by atoms with E-state index < -0.39 is 5.82 Å². The number of hydrogen-bond acceptors (Lipinski definition) is 3. The lowest BCUT2D eigenvalue weighted by Gasteiger charge is -2.13. The van der Waals surface area contributed by atoms with Gasteiger partial charge in [0.25, 0.3) is 0 Å². The van der Waals surface area contributed by atoms with Gasteiger partial charge in [-0.3, -0.25) is 0 Å². The third kappa shape index (κ3) is 3.23. The fourth-order valence-electron chi connectivity index (χ4n) is 1.68. The average molecular weight is 328 g/mol. The van der Waals surface area contributed by atoms with Gasteiger partial charge in [0, 0.05) is 11.0 Å². The molecular weight excluding hydrogens is 317 g/mol. The fourth-order valence-corrected chi connectivity index (χ4v) is 2.70. The Hall–Kier alpha value is -1.30. The molecule has 2 aromatic carbocycles. The molecule has 0 fully saturated rings. The normalized spacial score (nSPS) is 10.3. The second-order valence-corrected chi connectivity index (χ2v) is 5.57. The molecule has 0 aliphatic rings. The van der Waals surface area contributed by atoms with Crippen molar-refractivity contribution in [3.63, 3.8) is 0 Å². The predicted molar refractivity (Wildman–Crippen MR) is 85.6 cm³/mol. The van der Waals surface area contributed by atoms with Crippen LogP contribution in [0, 0.1) is 5.82 Å². The molecule has 0 amide bonds. The first kappa shape index (κ1) is 15.1. The van der Waals surface area contributed by atoms with E-state index in [0.717, 1.165) is 4.90 Å². The minimum absolute atomic E-state index is 0.0461. The molecule has 0 saturated carbocycles.